The summed E-state index contributed by atoms with van der Waals surface area (Å²) in [6.07, 6.45) is 0.803. The summed E-state index contributed by atoms with van der Waals surface area (Å²) in [6, 6.07) is 15.6. The number of methoxy groups -OCH3 is 1. The van der Waals surface area contributed by atoms with Crippen molar-refractivity contribution in [2.75, 3.05) is 27.2 Å². The second kappa shape index (κ2) is 10.9. The zero-order valence-electron chi connectivity index (χ0n) is 16.2. The van der Waals surface area contributed by atoms with Gasteiger partial charge in [-0.25, -0.2) is 4.99 Å². The molecule has 6 heteroatoms. The van der Waals surface area contributed by atoms with Crippen LogP contribution in [0.5, 0.6) is 5.75 Å². The van der Waals surface area contributed by atoms with Crippen LogP contribution in [0.4, 0.5) is 0 Å². The number of nitrogens with zero attached hydrogens (tertiary/aromatic N) is 1. The molecule has 0 aliphatic heterocycles. The van der Waals surface area contributed by atoms with Gasteiger partial charge >= 0.3 is 0 Å². The lowest BCUT2D eigenvalue weighted by Crippen LogP contribution is -2.38. The molecule has 0 saturated carbocycles. The third-order valence-electron chi connectivity index (χ3n) is 4.05. The molecule has 0 aliphatic carbocycles. The van der Waals surface area contributed by atoms with Crippen molar-refractivity contribution in [3.05, 3.63) is 65.2 Å². The molecule has 27 heavy (non-hydrogen) atoms. The average molecular weight is 368 g/mol. The molecule has 0 bridgehead atoms. The van der Waals surface area contributed by atoms with E-state index in [4.69, 9.17) is 4.74 Å². The molecule has 0 saturated heterocycles. The first-order valence-electron chi connectivity index (χ1n) is 9.12. The minimum atomic E-state index is -0.0702. The van der Waals surface area contributed by atoms with E-state index in [-0.39, 0.29) is 5.91 Å². The first-order chi connectivity index (χ1) is 13.2. The Hall–Kier alpha value is -3.02. The van der Waals surface area contributed by atoms with Gasteiger partial charge in [0, 0.05) is 25.7 Å². The Morgan fingerprint density at radius 2 is 1.85 bits per heavy atom. The van der Waals surface area contributed by atoms with Gasteiger partial charge in [-0.1, -0.05) is 24.3 Å². The van der Waals surface area contributed by atoms with E-state index in [9.17, 15) is 4.79 Å². The van der Waals surface area contributed by atoms with E-state index in [0.29, 0.717) is 12.1 Å². The molecule has 2 aromatic carbocycles. The van der Waals surface area contributed by atoms with Crippen molar-refractivity contribution in [1.82, 2.24) is 16.0 Å². The first kappa shape index (κ1) is 20.3. The smallest absolute Gasteiger partial charge is 0.251 e. The third-order valence-corrected chi connectivity index (χ3v) is 4.05. The summed E-state index contributed by atoms with van der Waals surface area (Å²) in [6.45, 7) is 4.15. The summed E-state index contributed by atoms with van der Waals surface area (Å²) >= 11 is 0. The Labute approximate surface area is 161 Å². The van der Waals surface area contributed by atoms with E-state index < -0.39 is 0 Å². The van der Waals surface area contributed by atoms with Gasteiger partial charge in [0.15, 0.2) is 5.96 Å². The maximum atomic E-state index is 11.7. The molecular formula is C21H28N4O2. The fourth-order valence-electron chi connectivity index (χ4n) is 2.58. The van der Waals surface area contributed by atoms with Crippen LogP contribution >= 0.6 is 0 Å². The van der Waals surface area contributed by atoms with E-state index in [2.05, 4.69) is 20.9 Å². The maximum absolute atomic E-state index is 11.7. The fourth-order valence-corrected chi connectivity index (χ4v) is 2.58. The Kier molecular flexibility index (Phi) is 8.16. The molecule has 0 unspecified atom stereocenters. The van der Waals surface area contributed by atoms with Gasteiger partial charge in [0.1, 0.15) is 5.75 Å². The predicted octanol–water partition coefficient (Wildman–Crippen LogP) is 2.35. The number of hydrogen-bond donors (Lipinski definition) is 3. The van der Waals surface area contributed by atoms with Crippen molar-refractivity contribution < 1.29 is 9.53 Å². The molecule has 0 heterocycles. The largest absolute Gasteiger partial charge is 0.497 e. The van der Waals surface area contributed by atoms with Crippen LogP contribution in [0.2, 0.25) is 0 Å². The minimum absolute atomic E-state index is 0.0702. The van der Waals surface area contributed by atoms with Crippen LogP contribution < -0.4 is 20.7 Å². The lowest BCUT2D eigenvalue weighted by atomic mass is 10.1. The topological polar surface area (TPSA) is 74.8 Å². The van der Waals surface area contributed by atoms with Crippen LogP contribution in [0.15, 0.2) is 53.5 Å². The quantitative estimate of drug-likeness (QED) is 0.494. The monoisotopic (exact) mass is 368 g/mol. The highest BCUT2D eigenvalue weighted by Gasteiger charge is 2.04. The lowest BCUT2D eigenvalue weighted by Gasteiger charge is -2.12. The van der Waals surface area contributed by atoms with E-state index >= 15 is 0 Å². The van der Waals surface area contributed by atoms with Crippen LogP contribution in [0.1, 0.15) is 28.4 Å². The molecule has 0 atom stereocenters. The standard InChI is InChI=1S/C21H28N4O2/c1-4-23-21(25-15-17-8-10-19(27-3)11-9-17)24-13-12-16-6-5-7-18(14-16)20(26)22-2/h5-11,14H,4,12-13,15H2,1-3H3,(H,22,26)(H2,23,24,25). The van der Waals surface area contributed by atoms with Gasteiger partial charge < -0.3 is 20.7 Å². The van der Waals surface area contributed by atoms with Crippen LogP contribution in [-0.2, 0) is 13.0 Å². The zero-order chi connectivity index (χ0) is 19.5. The van der Waals surface area contributed by atoms with Gasteiger partial charge in [-0.15, -0.1) is 0 Å². The summed E-state index contributed by atoms with van der Waals surface area (Å²) in [5.74, 6) is 1.54. The molecule has 2 rings (SSSR count). The van der Waals surface area contributed by atoms with Crippen molar-refractivity contribution in [3.8, 4) is 5.75 Å². The van der Waals surface area contributed by atoms with Gasteiger partial charge in [-0.05, 0) is 48.7 Å². The van der Waals surface area contributed by atoms with E-state index in [1.807, 2.05) is 55.5 Å². The number of ether oxygens (including phenoxy) is 1. The molecule has 2 aromatic rings. The van der Waals surface area contributed by atoms with Gasteiger partial charge in [0.05, 0.1) is 13.7 Å². The molecule has 3 N–H and O–H groups in total. The molecule has 0 aliphatic rings. The van der Waals surface area contributed by atoms with E-state index in [0.717, 1.165) is 42.3 Å². The Balaban J connectivity index is 1.90. The number of aliphatic imine (C=N–C) groups is 1. The van der Waals surface area contributed by atoms with Crippen molar-refractivity contribution in [1.29, 1.82) is 0 Å². The summed E-state index contributed by atoms with van der Waals surface area (Å²) in [7, 11) is 3.29. The number of rotatable bonds is 8. The van der Waals surface area contributed by atoms with Crippen molar-refractivity contribution in [3.63, 3.8) is 0 Å². The van der Waals surface area contributed by atoms with Gasteiger partial charge in [0.2, 0.25) is 0 Å². The number of carbonyl (C=O) groups is 1. The summed E-state index contributed by atoms with van der Waals surface area (Å²) in [5.41, 5.74) is 2.90. The number of carbonyl (C=O) groups excluding carboxylic acids is 1. The molecular weight excluding hydrogens is 340 g/mol. The van der Waals surface area contributed by atoms with Crippen LogP contribution in [0.25, 0.3) is 0 Å². The zero-order valence-corrected chi connectivity index (χ0v) is 16.2. The second-order valence-corrected chi connectivity index (χ2v) is 6.00. The van der Waals surface area contributed by atoms with Gasteiger partial charge in [0.25, 0.3) is 5.91 Å². The Bertz CT molecular complexity index is 757. The number of guanidine groups is 1. The lowest BCUT2D eigenvalue weighted by molar-refractivity contribution is 0.0963. The summed E-state index contributed by atoms with van der Waals surface area (Å²) in [4.78, 5) is 16.3. The Morgan fingerprint density at radius 3 is 2.52 bits per heavy atom. The highest BCUT2D eigenvalue weighted by Crippen LogP contribution is 2.11. The highest BCUT2D eigenvalue weighted by molar-refractivity contribution is 5.94. The molecule has 1 amide bonds. The van der Waals surface area contributed by atoms with Crippen molar-refractivity contribution >= 4 is 11.9 Å². The number of benzene rings is 2. The predicted molar refractivity (Wildman–Crippen MR) is 109 cm³/mol. The SMILES string of the molecule is CCNC(=NCc1ccc(OC)cc1)NCCc1cccc(C(=O)NC)c1. The van der Waals surface area contributed by atoms with Crippen molar-refractivity contribution in [2.45, 2.75) is 19.9 Å². The van der Waals surface area contributed by atoms with Gasteiger partial charge in [-0.2, -0.15) is 0 Å². The average Bonchev–Trinajstić information content (AvgIpc) is 2.72. The van der Waals surface area contributed by atoms with Crippen LogP contribution in [-0.4, -0.2) is 39.1 Å². The number of nitrogens with one attached hydrogen (secondary N) is 3. The first-order valence-corrected chi connectivity index (χ1v) is 9.12. The summed E-state index contributed by atoms with van der Waals surface area (Å²) < 4.78 is 5.17. The number of amides is 1. The summed E-state index contributed by atoms with van der Waals surface area (Å²) in [5, 5.41) is 9.24. The third kappa shape index (κ3) is 6.66. The number of hydrogen-bond acceptors (Lipinski definition) is 3. The molecule has 0 radical (unpaired) electrons. The maximum Gasteiger partial charge on any atom is 0.251 e. The molecule has 0 fully saturated rings. The normalized spacial score (nSPS) is 11.0. The molecule has 6 nitrogen and oxygen atoms in total. The van der Waals surface area contributed by atoms with Gasteiger partial charge in [-0.3, -0.25) is 4.79 Å². The fraction of sp³-hybridized carbons (Fsp3) is 0.333. The highest BCUT2D eigenvalue weighted by atomic mass is 16.5. The molecule has 144 valence electrons. The van der Waals surface area contributed by atoms with Crippen LogP contribution in [0, 0.1) is 0 Å². The van der Waals surface area contributed by atoms with E-state index in [1.165, 1.54) is 0 Å². The molecule has 0 spiro atoms. The van der Waals surface area contributed by atoms with E-state index in [1.54, 1.807) is 14.2 Å². The van der Waals surface area contributed by atoms with Crippen LogP contribution in [0.3, 0.4) is 0 Å². The Morgan fingerprint density at radius 1 is 1.07 bits per heavy atom. The minimum Gasteiger partial charge on any atom is -0.497 e. The molecule has 0 aromatic heterocycles. The van der Waals surface area contributed by atoms with Crippen molar-refractivity contribution in [2.24, 2.45) is 4.99 Å². The second-order valence-electron chi connectivity index (χ2n) is 6.00.